The van der Waals surface area contributed by atoms with Gasteiger partial charge in [0.2, 0.25) is 0 Å². The number of para-hydroxylation sites is 1. The van der Waals surface area contributed by atoms with Gasteiger partial charge in [-0.1, -0.05) is 71.2 Å². The highest BCUT2D eigenvalue weighted by molar-refractivity contribution is 6.52. The van der Waals surface area contributed by atoms with Crippen molar-refractivity contribution >= 4 is 63.1 Å². The Morgan fingerprint density at radius 1 is 0.833 bits per heavy atom. The standard InChI is InChI=1S/C23H15Cl3N2O2/c24-15-10-8-14(9-11-15)13-28-19-7-2-1-6-18(19)20(22(28)26)21(29)23(30)27-17-5-3-4-16(25)12-17/h1-12H,13H2,(H,27,30). The summed E-state index contributed by atoms with van der Waals surface area (Å²) in [6, 6.07) is 21.3. The molecule has 0 spiro atoms. The largest absolute Gasteiger partial charge is 0.327 e. The summed E-state index contributed by atoms with van der Waals surface area (Å²) in [6.45, 7) is 0.430. The average Bonchev–Trinajstić information content (AvgIpc) is 3.00. The Hall–Kier alpha value is -2.79. The molecule has 0 fully saturated rings. The van der Waals surface area contributed by atoms with Gasteiger partial charge in [0.15, 0.2) is 0 Å². The fourth-order valence-corrected chi connectivity index (χ4v) is 3.94. The van der Waals surface area contributed by atoms with Gasteiger partial charge in [0.1, 0.15) is 5.15 Å². The number of halogens is 3. The van der Waals surface area contributed by atoms with Gasteiger partial charge in [-0.3, -0.25) is 9.59 Å². The molecule has 0 radical (unpaired) electrons. The fourth-order valence-electron chi connectivity index (χ4n) is 3.28. The van der Waals surface area contributed by atoms with Gasteiger partial charge in [-0.25, -0.2) is 0 Å². The Morgan fingerprint density at radius 3 is 2.30 bits per heavy atom. The number of nitrogens with zero attached hydrogens (tertiary/aromatic N) is 1. The summed E-state index contributed by atoms with van der Waals surface area (Å²) in [7, 11) is 0. The van der Waals surface area contributed by atoms with Crippen LogP contribution in [0.4, 0.5) is 5.69 Å². The van der Waals surface area contributed by atoms with Gasteiger partial charge in [0, 0.05) is 27.7 Å². The van der Waals surface area contributed by atoms with Crippen molar-refractivity contribution in [3.8, 4) is 0 Å². The van der Waals surface area contributed by atoms with E-state index in [-0.39, 0.29) is 10.7 Å². The minimum Gasteiger partial charge on any atom is -0.327 e. The maximum absolute atomic E-state index is 13.0. The number of rotatable bonds is 5. The van der Waals surface area contributed by atoms with Crippen LogP contribution in [0.5, 0.6) is 0 Å². The number of anilines is 1. The fraction of sp³-hybridized carbons (Fsp3) is 0.0435. The van der Waals surface area contributed by atoms with Gasteiger partial charge in [0.25, 0.3) is 11.7 Å². The zero-order valence-electron chi connectivity index (χ0n) is 15.5. The van der Waals surface area contributed by atoms with Crippen molar-refractivity contribution in [3.05, 3.63) is 99.1 Å². The van der Waals surface area contributed by atoms with Crippen LogP contribution < -0.4 is 5.32 Å². The molecule has 0 aliphatic heterocycles. The molecule has 0 aliphatic carbocycles. The Kier molecular flexibility index (Phi) is 5.82. The molecule has 1 heterocycles. The van der Waals surface area contributed by atoms with E-state index in [1.807, 2.05) is 24.3 Å². The molecule has 1 amide bonds. The maximum atomic E-state index is 13.0. The number of benzene rings is 3. The minimum absolute atomic E-state index is 0.167. The molecular weight excluding hydrogens is 443 g/mol. The van der Waals surface area contributed by atoms with Gasteiger partial charge in [-0.2, -0.15) is 0 Å². The lowest BCUT2D eigenvalue weighted by molar-refractivity contribution is -0.112. The molecule has 0 unspecified atom stereocenters. The first-order valence-electron chi connectivity index (χ1n) is 9.06. The average molecular weight is 458 g/mol. The lowest BCUT2D eigenvalue weighted by Gasteiger charge is -2.08. The number of hydrogen-bond donors (Lipinski definition) is 1. The second kappa shape index (κ2) is 8.52. The third-order valence-electron chi connectivity index (χ3n) is 4.68. The van der Waals surface area contributed by atoms with Crippen molar-refractivity contribution in [2.75, 3.05) is 5.32 Å². The Bertz CT molecular complexity index is 1260. The summed E-state index contributed by atoms with van der Waals surface area (Å²) < 4.78 is 1.81. The number of nitrogens with one attached hydrogen (secondary N) is 1. The number of hydrogen-bond acceptors (Lipinski definition) is 2. The summed E-state index contributed by atoms with van der Waals surface area (Å²) in [4.78, 5) is 25.7. The summed E-state index contributed by atoms with van der Waals surface area (Å²) in [5.74, 6) is -1.50. The Labute approximate surface area is 188 Å². The zero-order valence-corrected chi connectivity index (χ0v) is 17.8. The molecule has 30 heavy (non-hydrogen) atoms. The number of carbonyl (C=O) groups is 2. The quantitative estimate of drug-likeness (QED) is 0.276. The molecular formula is C23H15Cl3N2O2. The molecule has 0 saturated carbocycles. The van der Waals surface area contributed by atoms with E-state index in [1.165, 1.54) is 0 Å². The SMILES string of the molecule is O=C(Nc1cccc(Cl)c1)C(=O)c1c(Cl)n(Cc2ccc(Cl)cc2)c2ccccc12. The van der Waals surface area contributed by atoms with E-state index in [4.69, 9.17) is 34.8 Å². The van der Waals surface area contributed by atoms with Gasteiger partial charge in [-0.15, -0.1) is 0 Å². The Balaban J connectivity index is 1.71. The lowest BCUT2D eigenvalue weighted by atomic mass is 10.1. The van der Waals surface area contributed by atoms with Crippen molar-refractivity contribution < 1.29 is 9.59 Å². The molecule has 4 aromatic rings. The molecule has 150 valence electrons. The smallest absolute Gasteiger partial charge is 0.296 e. The van der Waals surface area contributed by atoms with E-state index in [9.17, 15) is 9.59 Å². The third-order valence-corrected chi connectivity index (χ3v) is 5.56. The first-order chi connectivity index (χ1) is 14.4. The van der Waals surface area contributed by atoms with Crippen LogP contribution in [-0.4, -0.2) is 16.3 Å². The predicted octanol–water partition coefficient (Wildman–Crippen LogP) is 6.47. The van der Waals surface area contributed by atoms with Crippen molar-refractivity contribution in [2.24, 2.45) is 0 Å². The number of fused-ring (bicyclic) bond motifs is 1. The van der Waals surface area contributed by atoms with Crippen LogP contribution >= 0.6 is 34.8 Å². The van der Waals surface area contributed by atoms with E-state index in [2.05, 4.69) is 5.32 Å². The van der Waals surface area contributed by atoms with Crippen LogP contribution in [0.15, 0.2) is 72.8 Å². The van der Waals surface area contributed by atoms with E-state index >= 15 is 0 Å². The van der Waals surface area contributed by atoms with Crippen molar-refractivity contribution in [3.63, 3.8) is 0 Å². The van der Waals surface area contributed by atoms with E-state index in [0.717, 1.165) is 11.1 Å². The van der Waals surface area contributed by atoms with E-state index in [1.54, 1.807) is 53.1 Å². The highest BCUT2D eigenvalue weighted by Gasteiger charge is 2.26. The highest BCUT2D eigenvalue weighted by Crippen LogP contribution is 2.32. The molecule has 4 nitrogen and oxygen atoms in total. The van der Waals surface area contributed by atoms with Crippen molar-refractivity contribution in [2.45, 2.75) is 6.54 Å². The number of amides is 1. The minimum atomic E-state index is -0.784. The lowest BCUT2D eigenvalue weighted by Crippen LogP contribution is -2.23. The third kappa shape index (κ3) is 4.08. The summed E-state index contributed by atoms with van der Waals surface area (Å²) in [5.41, 5.74) is 2.32. The molecule has 0 bridgehead atoms. The molecule has 3 aromatic carbocycles. The summed E-state index contributed by atoms with van der Waals surface area (Å²) >= 11 is 18.5. The number of Topliss-reactive ketones (excluding diaryl/α,β-unsaturated/α-hetero) is 1. The first-order valence-corrected chi connectivity index (χ1v) is 10.2. The second-order valence-electron chi connectivity index (χ2n) is 6.69. The topological polar surface area (TPSA) is 51.1 Å². The van der Waals surface area contributed by atoms with Gasteiger partial charge in [-0.05, 0) is 42.0 Å². The van der Waals surface area contributed by atoms with Gasteiger partial charge < -0.3 is 9.88 Å². The van der Waals surface area contributed by atoms with Gasteiger partial charge in [0.05, 0.1) is 11.1 Å². The van der Waals surface area contributed by atoms with E-state index in [0.29, 0.717) is 27.7 Å². The van der Waals surface area contributed by atoms with Crippen LogP contribution in [0.3, 0.4) is 0 Å². The van der Waals surface area contributed by atoms with E-state index < -0.39 is 11.7 Å². The number of aromatic nitrogens is 1. The molecule has 0 atom stereocenters. The molecule has 4 rings (SSSR count). The maximum Gasteiger partial charge on any atom is 0.296 e. The summed E-state index contributed by atoms with van der Waals surface area (Å²) in [5, 5.41) is 4.49. The molecule has 1 aromatic heterocycles. The number of ketones is 1. The van der Waals surface area contributed by atoms with Crippen LogP contribution in [0.25, 0.3) is 10.9 Å². The Morgan fingerprint density at radius 2 is 1.57 bits per heavy atom. The summed E-state index contributed by atoms with van der Waals surface area (Å²) in [6.07, 6.45) is 0. The predicted molar refractivity (Wildman–Crippen MR) is 122 cm³/mol. The second-order valence-corrected chi connectivity index (χ2v) is 7.92. The molecule has 1 N–H and O–H groups in total. The first kappa shape index (κ1) is 20.5. The van der Waals surface area contributed by atoms with Crippen LogP contribution in [0.1, 0.15) is 15.9 Å². The normalized spacial score (nSPS) is 10.9. The van der Waals surface area contributed by atoms with Crippen molar-refractivity contribution in [1.82, 2.24) is 4.57 Å². The molecule has 7 heteroatoms. The molecule has 0 aliphatic rings. The monoisotopic (exact) mass is 456 g/mol. The zero-order chi connectivity index (χ0) is 21.3. The van der Waals surface area contributed by atoms with Crippen molar-refractivity contribution in [1.29, 1.82) is 0 Å². The van der Waals surface area contributed by atoms with Crippen LogP contribution in [0.2, 0.25) is 15.2 Å². The van der Waals surface area contributed by atoms with Crippen LogP contribution in [0, 0.1) is 0 Å². The molecule has 0 saturated heterocycles. The highest BCUT2D eigenvalue weighted by atomic mass is 35.5. The van der Waals surface area contributed by atoms with Gasteiger partial charge >= 0.3 is 0 Å². The number of carbonyl (C=O) groups excluding carboxylic acids is 2. The van der Waals surface area contributed by atoms with Crippen LogP contribution in [-0.2, 0) is 11.3 Å².